The molecule has 7 nitrogen and oxygen atoms in total. The van der Waals surface area contributed by atoms with E-state index in [0.29, 0.717) is 13.2 Å². The summed E-state index contributed by atoms with van der Waals surface area (Å²) in [6.07, 6.45) is 2.10. The maximum Gasteiger partial charge on any atom is 0.312 e. The molecule has 0 amide bonds. The second kappa shape index (κ2) is 4.76. The van der Waals surface area contributed by atoms with E-state index in [-0.39, 0.29) is 23.1 Å². The highest BCUT2D eigenvalue weighted by atomic mass is 16.6. The minimum atomic E-state index is -0.550. The summed E-state index contributed by atoms with van der Waals surface area (Å²) in [6, 6.07) is 3.07. The highest BCUT2D eigenvalue weighted by molar-refractivity contribution is 5.58. The molecule has 1 aliphatic rings. The third-order valence-electron chi connectivity index (χ3n) is 2.46. The molecule has 0 spiro atoms. The molecule has 1 saturated heterocycles. The summed E-state index contributed by atoms with van der Waals surface area (Å²) in [5.74, 6) is 0.185. The van der Waals surface area contributed by atoms with E-state index in [1.165, 1.54) is 12.3 Å². The second-order valence-corrected chi connectivity index (χ2v) is 3.67. The quantitative estimate of drug-likeness (QED) is 0.619. The van der Waals surface area contributed by atoms with Gasteiger partial charge in [-0.3, -0.25) is 10.1 Å². The molecule has 1 aliphatic heterocycles. The molecule has 2 rings (SSSR count). The maximum absolute atomic E-state index is 10.8. The van der Waals surface area contributed by atoms with Gasteiger partial charge in [-0.15, -0.1) is 0 Å². The standard InChI is InChI=1S/C10H10N4O3/c11-4-7-3-9(14(15)16)10(12-5-7)13-8-1-2-17-6-8/h3,5,8H,1-2,6H2,(H,12,13). The topological polar surface area (TPSA) is 101 Å². The van der Waals surface area contributed by atoms with E-state index in [0.717, 1.165) is 6.42 Å². The Kier molecular flexibility index (Phi) is 3.16. The zero-order chi connectivity index (χ0) is 12.3. The van der Waals surface area contributed by atoms with Crippen LogP contribution in [0.1, 0.15) is 12.0 Å². The molecule has 0 aromatic carbocycles. The highest BCUT2D eigenvalue weighted by Crippen LogP contribution is 2.24. The molecule has 1 aromatic heterocycles. The van der Waals surface area contributed by atoms with Crippen LogP contribution in [-0.4, -0.2) is 29.2 Å². The van der Waals surface area contributed by atoms with Crippen LogP contribution in [-0.2, 0) is 4.74 Å². The van der Waals surface area contributed by atoms with Crippen LogP contribution in [0.3, 0.4) is 0 Å². The second-order valence-electron chi connectivity index (χ2n) is 3.67. The van der Waals surface area contributed by atoms with Gasteiger partial charge in [0.1, 0.15) is 6.07 Å². The lowest BCUT2D eigenvalue weighted by molar-refractivity contribution is -0.384. The van der Waals surface area contributed by atoms with Crippen LogP contribution in [0.25, 0.3) is 0 Å². The van der Waals surface area contributed by atoms with Gasteiger partial charge in [0, 0.05) is 18.9 Å². The normalized spacial score (nSPS) is 18.6. The van der Waals surface area contributed by atoms with Crippen molar-refractivity contribution < 1.29 is 9.66 Å². The van der Waals surface area contributed by atoms with Crippen molar-refractivity contribution in [3.05, 3.63) is 27.9 Å². The lowest BCUT2D eigenvalue weighted by Gasteiger charge is -2.10. The summed E-state index contributed by atoms with van der Waals surface area (Å²) < 4.78 is 5.16. The van der Waals surface area contributed by atoms with E-state index in [1.807, 2.05) is 6.07 Å². The first-order valence-electron chi connectivity index (χ1n) is 5.09. The number of hydrogen-bond donors (Lipinski definition) is 1. The molecule has 1 unspecified atom stereocenters. The Morgan fingerprint density at radius 2 is 2.53 bits per heavy atom. The molecule has 1 N–H and O–H groups in total. The molecule has 7 heteroatoms. The number of nitriles is 1. The van der Waals surface area contributed by atoms with Crippen LogP contribution in [0, 0.1) is 21.4 Å². The fraction of sp³-hybridized carbons (Fsp3) is 0.400. The summed E-state index contributed by atoms with van der Waals surface area (Å²) >= 11 is 0. The van der Waals surface area contributed by atoms with Crippen molar-refractivity contribution in [2.75, 3.05) is 18.5 Å². The molecule has 88 valence electrons. The van der Waals surface area contributed by atoms with E-state index < -0.39 is 4.92 Å². The lowest BCUT2D eigenvalue weighted by atomic mass is 10.2. The number of nitrogens with one attached hydrogen (secondary N) is 1. The summed E-state index contributed by atoms with van der Waals surface area (Å²) in [4.78, 5) is 14.2. The zero-order valence-corrected chi connectivity index (χ0v) is 8.92. The minimum Gasteiger partial charge on any atom is -0.379 e. The minimum absolute atomic E-state index is 0.0362. The predicted octanol–water partition coefficient (Wildman–Crippen LogP) is 1.06. The van der Waals surface area contributed by atoms with E-state index in [1.54, 1.807) is 0 Å². The summed E-state index contributed by atoms with van der Waals surface area (Å²) in [5, 5.41) is 22.5. The van der Waals surface area contributed by atoms with Gasteiger partial charge in [0.05, 0.1) is 23.1 Å². The molecule has 1 aromatic rings. The molecule has 0 bridgehead atoms. The van der Waals surface area contributed by atoms with Gasteiger partial charge >= 0.3 is 5.69 Å². The number of nitrogens with zero attached hydrogens (tertiary/aromatic N) is 3. The first-order valence-corrected chi connectivity index (χ1v) is 5.09. The van der Waals surface area contributed by atoms with Gasteiger partial charge in [-0.1, -0.05) is 0 Å². The van der Waals surface area contributed by atoms with Crippen molar-refractivity contribution in [2.24, 2.45) is 0 Å². The molecule has 0 radical (unpaired) electrons. The first-order chi connectivity index (χ1) is 8.20. The number of ether oxygens (including phenoxy) is 1. The lowest BCUT2D eigenvalue weighted by Crippen LogP contribution is -2.20. The van der Waals surface area contributed by atoms with Gasteiger partial charge in [0.25, 0.3) is 0 Å². The monoisotopic (exact) mass is 234 g/mol. The number of hydrogen-bond acceptors (Lipinski definition) is 6. The van der Waals surface area contributed by atoms with Crippen LogP contribution < -0.4 is 5.32 Å². The first kappa shape index (κ1) is 11.3. The van der Waals surface area contributed by atoms with Gasteiger partial charge in [-0.05, 0) is 6.42 Å². The van der Waals surface area contributed by atoms with Gasteiger partial charge in [0.15, 0.2) is 0 Å². The summed E-state index contributed by atoms with van der Waals surface area (Å²) in [7, 11) is 0. The van der Waals surface area contributed by atoms with Gasteiger partial charge in [-0.25, -0.2) is 4.98 Å². The third-order valence-corrected chi connectivity index (χ3v) is 2.46. The Bertz CT molecular complexity index is 477. The van der Waals surface area contributed by atoms with Crippen LogP contribution in [0.2, 0.25) is 0 Å². The molecule has 0 aliphatic carbocycles. The third kappa shape index (κ3) is 2.49. The molecule has 2 heterocycles. The van der Waals surface area contributed by atoms with E-state index in [2.05, 4.69) is 10.3 Å². The Balaban J connectivity index is 2.26. The molecule has 0 saturated carbocycles. The molecular weight excluding hydrogens is 224 g/mol. The smallest absolute Gasteiger partial charge is 0.312 e. The molecule has 1 atom stereocenters. The Morgan fingerprint density at radius 1 is 1.71 bits per heavy atom. The predicted molar refractivity (Wildman–Crippen MR) is 58.5 cm³/mol. The number of aromatic nitrogens is 1. The Labute approximate surface area is 97.2 Å². The Hall–Kier alpha value is -2.20. The number of pyridine rings is 1. The molecular formula is C10H10N4O3. The van der Waals surface area contributed by atoms with E-state index >= 15 is 0 Å². The van der Waals surface area contributed by atoms with Crippen molar-refractivity contribution in [1.29, 1.82) is 5.26 Å². The van der Waals surface area contributed by atoms with E-state index in [9.17, 15) is 10.1 Å². The van der Waals surface area contributed by atoms with Crippen LogP contribution in [0.15, 0.2) is 12.3 Å². The average Bonchev–Trinajstić information content (AvgIpc) is 2.82. The summed E-state index contributed by atoms with van der Waals surface area (Å²) in [6.45, 7) is 1.15. The maximum atomic E-state index is 10.8. The van der Waals surface area contributed by atoms with Crippen molar-refractivity contribution in [3.8, 4) is 6.07 Å². The highest BCUT2D eigenvalue weighted by Gasteiger charge is 2.22. The SMILES string of the molecule is N#Cc1cnc(NC2CCOC2)c([N+](=O)[O-])c1. The summed E-state index contributed by atoms with van der Waals surface area (Å²) in [5.41, 5.74) is -0.0131. The fourth-order valence-electron chi connectivity index (χ4n) is 1.61. The zero-order valence-electron chi connectivity index (χ0n) is 8.92. The molecule has 17 heavy (non-hydrogen) atoms. The van der Waals surface area contributed by atoms with Crippen molar-refractivity contribution >= 4 is 11.5 Å². The van der Waals surface area contributed by atoms with Crippen LogP contribution in [0.4, 0.5) is 11.5 Å². The van der Waals surface area contributed by atoms with Gasteiger partial charge in [0.2, 0.25) is 5.82 Å². The number of anilines is 1. The average molecular weight is 234 g/mol. The van der Waals surface area contributed by atoms with Gasteiger partial charge in [-0.2, -0.15) is 5.26 Å². The van der Waals surface area contributed by atoms with E-state index in [4.69, 9.17) is 10.00 Å². The fourth-order valence-corrected chi connectivity index (χ4v) is 1.61. The van der Waals surface area contributed by atoms with Crippen LogP contribution >= 0.6 is 0 Å². The van der Waals surface area contributed by atoms with Crippen molar-refractivity contribution in [2.45, 2.75) is 12.5 Å². The molecule has 1 fully saturated rings. The van der Waals surface area contributed by atoms with Crippen molar-refractivity contribution in [1.82, 2.24) is 4.98 Å². The van der Waals surface area contributed by atoms with Crippen molar-refractivity contribution in [3.63, 3.8) is 0 Å². The Morgan fingerprint density at radius 3 is 3.12 bits per heavy atom. The number of rotatable bonds is 3. The van der Waals surface area contributed by atoms with Gasteiger partial charge < -0.3 is 10.1 Å². The number of nitro groups is 1. The largest absolute Gasteiger partial charge is 0.379 e. The van der Waals surface area contributed by atoms with Crippen LogP contribution in [0.5, 0.6) is 0 Å².